The highest BCUT2D eigenvalue weighted by molar-refractivity contribution is 5.98. The first-order valence-corrected chi connectivity index (χ1v) is 8.06. The van der Waals surface area contributed by atoms with E-state index in [0.717, 1.165) is 16.7 Å². The minimum Gasteiger partial charge on any atom is -0.504 e. The second-order valence-corrected chi connectivity index (χ2v) is 5.50. The number of methoxy groups -OCH3 is 1. The average molecular weight is 353 g/mol. The first-order valence-electron chi connectivity index (χ1n) is 8.06. The van der Waals surface area contributed by atoms with Crippen LogP contribution >= 0.6 is 0 Å². The molecule has 0 aliphatic carbocycles. The summed E-state index contributed by atoms with van der Waals surface area (Å²) in [6.45, 7) is 2.50. The van der Waals surface area contributed by atoms with E-state index in [-0.39, 0.29) is 11.7 Å². The Balaban J connectivity index is 1.69. The van der Waals surface area contributed by atoms with Crippen LogP contribution in [0.3, 0.4) is 0 Å². The van der Waals surface area contributed by atoms with Crippen LogP contribution < -0.4 is 14.9 Å². The summed E-state index contributed by atoms with van der Waals surface area (Å²) >= 11 is 0. The zero-order chi connectivity index (χ0) is 18.5. The maximum Gasteiger partial charge on any atom is 0.287 e. The maximum atomic E-state index is 12.2. The number of aromatic nitrogens is 1. The Morgan fingerprint density at radius 2 is 2.12 bits per heavy atom. The first kappa shape index (κ1) is 17.3. The van der Waals surface area contributed by atoms with E-state index in [0.29, 0.717) is 23.6 Å². The summed E-state index contributed by atoms with van der Waals surface area (Å²) in [5.41, 5.74) is 4.31. The third-order valence-electron chi connectivity index (χ3n) is 3.73. The fourth-order valence-electron chi connectivity index (χ4n) is 2.50. The zero-order valence-corrected chi connectivity index (χ0v) is 14.4. The smallest absolute Gasteiger partial charge is 0.287 e. The van der Waals surface area contributed by atoms with Gasteiger partial charge in [-0.05, 0) is 55.0 Å². The number of amides is 1. The number of carbonyl (C=O) groups excluding carboxylic acids is 1. The van der Waals surface area contributed by atoms with Crippen molar-refractivity contribution in [2.24, 2.45) is 5.10 Å². The Hall–Kier alpha value is -3.48. The van der Waals surface area contributed by atoms with Crippen molar-refractivity contribution in [1.29, 1.82) is 0 Å². The number of phenolic OH excluding ortho intramolecular Hbond substituents is 1. The molecule has 1 amide bonds. The first-order chi connectivity index (χ1) is 12.6. The number of ether oxygens (including phenoxy) is 2. The van der Waals surface area contributed by atoms with Gasteiger partial charge in [0, 0.05) is 10.9 Å². The third kappa shape index (κ3) is 3.77. The van der Waals surface area contributed by atoms with Crippen LogP contribution in [0.2, 0.25) is 0 Å². The van der Waals surface area contributed by atoms with Crippen LogP contribution in [0.4, 0.5) is 0 Å². The van der Waals surface area contributed by atoms with E-state index in [4.69, 9.17) is 9.47 Å². The quantitative estimate of drug-likeness (QED) is 0.469. The standard InChI is InChI=1S/C19H19N3O4/c1-3-26-14-5-6-15-13(9-14)10-16(21-15)19(24)22-20-11-12-4-7-18(25-2)17(23)8-12/h4-11,21,23H,3H2,1-2H3,(H,22,24)/b20-11-. The van der Waals surface area contributed by atoms with Crippen LogP contribution in [0, 0.1) is 0 Å². The van der Waals surface area contributed by atoms with Gasteiger partial charge in [-0.2, -0.15) is 5.10 Å². The fourth-order valence-corrected chi connectivity index (χ4v) is 2.50. The van der Waals surface area contributed by atoms with Crippen LogP contribution in [0.5, 0.6) is 17.2 Å². The second kappa shape index (κ2) is 7.60. The lowest BCUT2D eigenvalue weighted by atomic mass is 10.2. The Morgan fingerprint density at radius 1 is 1.27 bits per heavy atom. The van der Waals surface area contributed by atoms with Crippen LogP contribution in [0.15, 0.2) is 47.6 Å². The molecule has 3 N–H and O–H groups in total. The van der Waals surface area contributed by atoms with Gasteiger partial charge in [-0.1, -0.05) is 0 Å². The molecule has 1 aromatic heterocycles. The van der Waals surface area contributed by atoms with Crippen molar-refractivity contribution in [2.75, 3.05) is 13.7 Å². The van der Waals surface area contributed by atoms with E-state index in [9.17, 15) is 9.90 Å². The van der Waals surface area contributed by atoms with Gasteiger partial charge >= 0.3 is 0 Å². The number of nitrogens with one attached hydrogen (secondary N) is 2. The van der Waals surface area contributed by atoms with Crippen LogP contribution in [0.1, 0.15) is 23.0 Å². The van der Waals surface area contributed by atoms with Gasteiger partial charge < -0.3 is 19.6 Å². The molecule has 1 heterocycles. The molecule has 26 heavy (non-hydrogen) atoms. The van der Waals surface area contributed by atoms with Crippen molar-refractivity contribution in [3.05, 3.63) is 53.7 Å². The summed E-state index contributed by atoms with van der Waals surface area (Å²) in [4.78, 5) is 15.3. The lowest BCUT2D eigenvalue weighted by Gasteiger charge is -2.03. The molecule has 0 radical (unpaired) electrons. The SMILES string of the molecule is CCOc1ccc2[nH]c(C(=O)N/N=C\c3ccc(OC)c(O)c3)cc2c1. The molecule has 0 unspecified atom stereocenters. The van der Waals surface area contributed by atoms with E-state index in [2.05, 4.69) is 15.5 Å². The van der Waals surface area contributed by atoms with Crippen molar-refractivity contribution >= 4 is 23.0 Å². The van der Waals surface area contributed by atoms with Gasteiger partial charge in [0.1, 0.15) is 11.4 Å². The van der Waals surface area contributed by atoms with Crippen molar-refractivity contribution in [1.82, 2.24) is 10.4 Å². The predicted octanol–water partition coefficient (Wildman–Crippen LogP) is 3.04. The van der Waals surface area contributed by atoms with E-state index in [1.165, 1.54) is 19.4 Å². The topological polar surface area (TPSA) is 95.9 Å². The van der Waals surface area contributed by atoms with Crippen molar-refractivity contribution in [3.63, 3.8) is 0 Å². The summed E-state index contributed by atoms with van der Waals surface area (Å²) in [6.07, 6.45) is 1.44. The van der Waals surface area contributed by atoms with Crippen LogP contribution in [-0.4, -0.2) is 35.9 Å². The van der Waals surface area contributed by atoms with Gasteiger partial charge in [0.2, 0.25) is 0 Å². The van der Waals surface area contributed by atoms with Gasteiger partial charge in [-0.15, -0.1) is 0 Å². The number of phenols is 1. The number of hydrogen-bond donors (Lipinski definition) is 3. The predicted molar refractivity (Wildman–Crippen MR) is 99.2 cm³/mol. The summed E-state index contributed by atoms with van der Waals surface area (Å²) < 4.78 is 10.4. The average Bonchev–Trinajstić information content (AvgIpc) is 3.05. The van der Waals surface area contributed by atoms with Gasteiger partial charge in [-0.25, -0.2) is 5.43 Å². The van der Waals surface area contributed by atoms with Crippen molar-refractivity contribution in [3.8, 4) is 17.2 Å². The van der Waals surface area contributed by atoms with E-state index >= 15 is 0 Å². The van der Waals surface area contributed by atoms with E-state index < -0.39 is 0 Å². The number of hydrazone groups is 1. The molecule has 3 rings (SSSR count). The normalized spacial score (nSPS) is 11.0. The summed E-state index contributed by atoms with van der Waals surface area (Å²) in [6, 6.07) is 12.1. The summed E-state index contributed by atoms with van der Waals surface area (Å²) in [5, 5.41) is 14.5. The molecule has 0 fully saturated rings. The molecule has 0 saturated heterocycles. The molecule has 0 aliphatic heterocycles. The highest BCUT2D eigenvalue weighted by atomic mass is 16.5. The number of aromatic hydroxyl groups is 1. The minimum absolute atomic E-state index is 0.00324. The number of carbonyl (C=O) groups is 1. The number of benzene rings is 2. The second-order valence-electron chi connectivity index (χ2n) is 5.50. The summed E-state index contributed by atoms with van der Waals surface area (Å²) in [7, 11) is 1.47. The highest BCUT2D eigenvalue weighted by Crippen LogP contribution is 2.25. The Kier molecular flexibility index (Phi) is 5.07. The van der Waals surface area contributed by atoms with Gasteiger partial charge in [0.05, 0.1) is 19.9 Å². The molecule has 0 atom stereocenters. The molecule has 7 nitrogen and oxygen atoms in total. The molecular weight excluding hydrogens is 334 g/mol. The third-order valence-corrected chi connectivity index (χ3v) is 3.73. The molecule has 0 saturated carbocycles. The van der Waals surface area contributed by atoms with Gasteiger partial charge in [-0.3, -0.25) is 4.79 Å². The van der Waals surface area contributed by atoms with Crippen LogP contribution in [-0.2, 0) is 0 Å². The maximum absolute atomic E-state index is 12.2. The number of H-pyrrole nitrogens is 1. The number of aromatic amines is 1. The fraction of sp³-hybridized carbons (Fsp3) is 0.158. The number of rotatable bonds is 6. The van der Waals surface area contributed by atoms with Crippen LogP contribution in [0.25, 0.3) is 10.9 Å². The Labute approximate surface area is 150 Å². The molecule has 2 aromatic carbocycles. The molecule has 0 aliphatic rings. The number of hydrogen-bond acceptors (Lipinski definition) is 5. The Bertz CT molecular complexity index is 963. The largest absolute Gasteiger partial charge is 0.504 e. The lowest BCUT2D eigenvalue weighted by Crippen LogP contribution is -2.17. The summed E-state index contributed by atoms with van der Waals surface area (Å²) in [5.74, 6) is 0.760. The lowest BCUT2D eigenvalue weighted by molar-refractivity contribution is 0.0951. The number of fused-ring (bicyclic) bond motifs is 1. The zero-order valence-electron chi connectivity index (χ0n) is 14.4. The minimum atomic E-state index is -0.367. The van der Waals surface area contributed by atoms with E-state index in [1.54, 1.807) is 18.2 Å². The monoisotopic (exact) mass is 353 g/mol. The van der Waals surface area contributed by atoms with Gasteiger partial charge in [0.25, 0.3) is 5.91 Å². The van der Waals surface area contributed by atoms with Gasteiger partial charge in [0.15, 0.2) is 11.5 Å². The number of nitrogens with zero attached hydrogens (tertiary/aromatic N) is 1. The van der Waals surface area contributed by atoms with E-state index in [1.807, 2.05) is 25.1 Å². The Morgan fingerprint density at radius 3 is 2.85 bits per heavy atom. The molecular formula is C19H19N3O4. The molecule has 134 valence electrons. The molecule has 3 aromatic rings. The highest BCUT2D eigenvalue weighted by Gasteiger charge is 2.09. The molecule has 7 heteroatoms. The molecule has 0 bridgehead atoms. The van der Waals surface area contributed by atoms with Crippen molar-refractivity contribution < 1.29 is 19.4 Å². The molecule has 0 spiro atoms. The van der Waals surface area contributed by atoms with Crippen molar-refractivity contribution in [2.45, 2.75) is 6.92 Å².